The van der Waals surface area contributed by atoms with Crippen molar-refractivity contribution in [1.82, 2.24) is 4.90 Å². The minimum Gasteiger partial charge on any atom is -0.459 e. The van der Waals surface area contributed by atoms with Gasteiger partial charge in [0.1, 0.15) is 0 Å². The first-order valence-electron chi connectivity index (χ1n) is 9.79. The Morgan fingerprint density at radius 2 is 1.79 bits per heavy atom. The maximum atomic E-state index is 12.8. The number of piperidine rings is 1. The number of amides is 3. The number of hydrogen-bond acceptors (Lipinski definition) is 4. The molecule has 3 amide bonds. The van der Waals surface area contributed by atoms with Gasteiger partial charge in [0, 0.05) is 29.9 Å². The van der Waals surface area contributed by atoms with Crippen LogP contribution in [-0.4, -0.2) is 35.7 Å². The smallest absolute Gasteiger partial charge is 0.289 e. The van der Waals surface area contributed by atoms with Crippen molar-refractivity contribution in [1.29, 1.82) is 0 Å². The molecule has 1 atom stereocenters. The van der Waals surface area contributed by atoms with E-state index in [1.165, 1.54) is 6.26 Å². The van der Waals surface area contributed by atoms with Gasteiger partial charge in [0.05, 0.1) is 12.2 Å². The standard InChI is InChI=1S/C22H27N3O4/c1-22(2,3)21(28)24-17-9-4-8-16(13-17)23-19(26)15-7-5-11-25(14-15)20(27)18-10-6-12-29-18/h4,6,8-10,12-13,15H,5,7,11,14H2,1-3H3,(H,23,26)(H,24,28)/t15-/m0/s1. The summed E-state index contributed by atoms with van der Waals surface area (Å²) < 4.78 is 5.18. The van der Waals surface area contributed by atoms with Crippen LogP contribution in [0.2, 0.25) is 0 Å². The third-order valence-electron chi connectivity index (χ3n) is 4.88. The van der Waals surface area contributed by atoms with E-state index in [4.69, 9.17) is 4.42 Å². The van der Waals surface area contributed by atoms with E-state index in [1.807, 2.05) is 20.8 Å². The topological polar surface area (TPSA) is 91.7 Å². The van der Waals surface area contributed by atoms with Gasteiger partial charge in [0.15, 0.2) is 5.76 Å². The van der Waals surface area contributed by atoms with Gasteiger partial charge in [0.2, 0.25) is 11.8 Å². The molecule has 0 bridgehead atoms. The molecule has 0 unspecified atom stereocenters. The average Bonchev–Trinajstić information content (AvgIpc) is 3.22. The molecular weight excluding hydrogens is 370 g/mol. The fraction of sp³-hybridized carbons (Fsp3) is 0.409. The van der Waals surface area contributed by atoms with E-state index in [0.29, 0.717) is 30.9 Å². The Morgan fingerprint density at radius 3 is 2.45 bits per heavy atom. The Morgan fingerprint density at radius 1 is 1.07 bits per heavy atom. The first-order valence-corrected chi connectivity index (χ1v) is 9.79. The highest BCUT2D eigenvalue weighted by Crippen LogP contribution is 2.23. The summed E-state index contributed by atoms with van der Waals surface area (Å²) in [4.78, 5) is 39.1. The monoisotopic (exact) mass is 397 g/mol. The van der Waals surface area contributed by atoms with Gasteiger partial charge < -0.3 is 20.0 Å². The number of nitrogens with one attached hydrogen (secondary N) is 2. The number of carbonyl (C=O) groups excluding carboxylic acids is 3. The molecule has 0 aliphatic carbocycles. The maximum absolute atomic E-state index is 12.8. The highest BCUT2D eigenvalue weighted by Gasteiger charge is 2.30. The van der Waals surface area contributed by atoms with Crippen molar-refractivity contribution in [2.24, 2.45) is 11.3 Å². The van der Waals surface area contributed by atoms with E-state index < -0.39 is 5.41 Å². The molecule has 154 valence electrons. The van der Waals surface area contributed by atoms with Crippen LogP contribution in [0.15, 0.2) is 47.1 Å². The molecule has 2 N–H and O–H groups in total. The summed E-state index contributed by atoms with van der Waals surface area (Å²) in [5.41, 5.74) is 0.725. The van der Waals surface area contributed by atoms with Crippen LogP contribution in [0.5, 0.6) is 0 Å². The Bertz CT molecular complexity index is 884. The van der Waals surface area contributed by atoms with Gasteiger partial charge in [-0.1, -0.05) is 26.8 Å². The molecule has 1 aliphatic rings. The summed E-state index contributed by atoms with van der Waals surface area (Å²) in [5.74, 6) is -0.440. The predicted molar refractivity (Wildman–Crippen MR) is 110 cm³/mol. The zero-order valence-electron chi connectivity index (χ0n) is 17.0. The lowest BCUT2D eigenvalue weighted by Crippen LogP contribution is -2.43. The lowest BCUT2D eigenvalue weighted by Gasteiger charge is -2.31. The molecule has 2 heterocycles. The second-order valence-electron chi connectivity index (χ2n) is 8.34. The molecule has 2 aromatic rings. The minimum atomic E-state index is -0.509. The second-order valence-corrected chi connectivity index (χ2v) is 8.34. The van der Waals surface area contributed by atoms with Crippen LogP contribution >= 0.6 is 0 Å². The molecule has 1 saturated heterocycles. The zero-order valence-corrected chi connectivity index (χ0v) is 17.0. The summed E-state index contributed by atoms with van der Waals surface area (Å²) in [6, 6.07) is 10.4. The zero-order chi connectivity index (χ0) is 21.0. The number of likely N-dealkylation sites (tertiary alicyclic amines) is 1. The van der Waals surface area contributed by atoms with Crippen molar-refractivity contribution >= 4 is 29.1 Å². The van der Waals surface area contributed by atoms with Crippen LogP contribution in [0.1, 0.15) is 44.2 Å². The van der Waals surface area contributed by atoms with Gasteiger partial charge in [-0.25, -0.2) is 0 Å². The van der Waals surface area contributed by atoms with Gasteiger partial charge in [-0.3, -0.25) is 14.4 Å². The quantitative estimate of drug-likeness (QED) is 0.822. The lowest BCUT2D eigenvalue weighted by atomic mass is 9.95. The Hall–Kier alpha value is -3.09. The van der Waals surface area contributed by atoms with E-state index in [2.05, 4.69) is 10.6 Å². The number of benzene rings is 1. The van der Waals surface area contributed by atoms with Crippen molar-refractivity contribution in [3.63, 3.8) is 0 Å². The summed E-state index contributed by atoms with van der Waals surface area (Å²) >= 11 is 0. The Kier molecular flexibility index (Phi) is 6.06. The Labute approximate surface area is 170 Å². The van der Waals surface area contributed by atoms with Gasteiger partial charge in [0.25, 0.3) is 5.91 Å². The Balaban J connectivity index is 1.62. The van der Waals surface area contributed by atoms with Gasteiger partial charge in [-0.05, 0) is 43.2 Å². The van der Waals surface area contributed by atoms with E-state index in [-0.39, 0.29) is 29.4 Å². The number of rotatable bonds is 4. The fourth-order valence-electron chi connectivity index (χ4n) is 3.17. The molecule has 7 heteroatoms. The summed E-state index contributed by atoms with van der Waals surface area (Å²) in [6.07, 6.45) is 2.94. The molecule has 1 fully saturated rings. The fourth-order valence-corrected chi connectivity index (χ4v) is 3.17. The molecule has 29 heavy (non-hydrogen) atoms. The van der Waals surface area contributed by atoms with Crippen LogP contribution in [-0.2, 0) is 9.59 Å². The molecule has 0 spiro atoms. The van der Waals surface area contributed by atoms with Crippen LogP contribution in [0, 0.1) is 11.3 Å². The van der Waals surface area contributed by atoms with Gasteiger partial charge in [-0.2, -0.15) is 0 Å². The largest absolute Gasteiger partial charge is 0.459 e. The molecular formula is C22H27N3O4. The second kappa shape index (κ2) is 8.51. The van der Waals surface area contributed by atoms with Gasteiger partial charge >= 0.3 is 0 Å². The molecule has 1 aliphatic heterocycles. The first-order chi connectivity index (χ1) is 13.7. The molecule has 1 aromatic heterocycles. The molecule has 1 aromatic carbocycles. The SMILES string of the molecule is CC(C)(C)C(=O)Nc1cccc(NC(=O)[C@H]2CCCN(C(=O)c3ccco3)C2)c1. The van der Waals surface area contributed by atoms with Crippen molar-refractivity contribution in [2.45, 2.75) is 33.6 Å². The number of hydrogen-bond donors (Lipinski definition) is 2. The van der Waals surface area contributed by atoms with Crippen LogP contribution in [0.3, 0.4) is 0 Å². The summed E-state index contributed by atoms with van der Waals surface area (Å²) in [7, 11) is 0. The number of carbonyl (C=O) groups is 3. The molecule has 7 nitrogen and oxygen atoms in total. The third kappa shape index (κ3) is 5.25. The summed E-state index contributed by atoms with van der Waals surface area (Å²) in [6.45, 7) is 6.48. The van der Waals surface area contributed by atoms with Crippen molar-refractivity contribution in [2.75, 3.05) is 23.7 Å². The number of furan rings is 1. The molecule has 0 saturated carbocycles. The van der Waals surface area contributed by atoms with Crippen LogP contribution in [0.4, 0.5) is 11.4 Å². The first kappa shape index (κ1) is 20.6. The van der Waals surface area contributed by atoms with E-state index in [9.17, 15) is 14.4 Å². The van der Waals surface area contributed by atoms with E-state index in [0.717, 1.165) is 6.42 Å². The minimum absolute atomic E-state index is 0.0969. The molecule has 3 rings (SSSR count). The number of nitrogens with zero attached hydrogens (tertiary/aromatic N) is 1. The average molecular weight is 397 g/mol. The van der Waals surface area contributed by atoms with Crippen molar-refractivity contribution in [3.05, 3.63) is 48.4 Å². The third-order valence-corrected chi connectivity index (χ3v) is 4.88. The highest BCUT2D eigenvalue weighted by molar-refractivity contribution is 5.97. The normalized spacial score (nSPS) is 16.9. The molecule has 0 radical (unpaired) electrons. The van der Waals surface area contributed by atoms with Gasteiger partial charge in [-0.15, -0.1) is 0 Å². The predicted octanol–water partition coefficient (Wildman–Crippen LogP) is 3.76. The van der Waals surface area contributed by atoms with Crippen molar-refractivity contribution in [3.8, 4) is 0 Å². The van der Waals surface area contributed by atoms with E-state index >= 15 is 0 Å². The highest BCUT2D eigenvalue weighted by atomic mass is 16.3. The number of anilines is 2. The summed E-state index contributed by atoms with van der Waals surface area (Å²) in [5, 5.41) is 5.77. The van der Waals surface area contributed by atoms with E-state index in [1.54, 1.807) is 41.3 Å². The van der Waals surface area contributed by atoms with Crippen molar-refractivity contribution < 1.29 is 18.8 Å². The lowest BCUT2D eigenvalue weighted by molar-refractivity contribution is -0.123. The van der Waals surface area contributed by atoms with Crippen LogP contribution < -0.4 is 10.6 Å². The van der Waals surface area contributed by atoms with Crippen LogP contribution in [0.25, 0.3) is 0 Å². The maximum Gasteiger partial charge on any atom is 0.289 e.